The van der Waals surface area contributed by atoms with Crippen LogP contribution >= 0.6 is 11.8 Å². The fourth-order valence-electron chi connectivity index (χ4n) is 2.27. The molecule has 1 aliphatic rings. The minimum atomic E-state index is -0.435. The van der Waals surface area contributed by atoms with E-state index in [4.69, 9.17) is 4.74 Å². The lowest BCUT2D eigenvalue weighted by Crippen LogP contribution is -2.35. The normalized spacial score (nSPS) is 17.7. The Kier molecular flexibility index (Phi) is 6.85. The van der Waals surface area contributed by atoms with Gasteiger partial charge < -0.3 is 9.47 Å². The number of ether oxygens (including phenoxy) is 2. The zero-order valence-electron chi connectivity index (χ0n) is 15.7. The van der Waals surface area contributed by atoms with E-state index < -0.39 is 5.97 Å². The van der Waals surface area contributed by atoms with Crippen molar-refractivity contribution in [3.8, 4) is 5.75 Å². The van der Waals surface area contributed by atoms with Gasteiger partial charge in [-0.15, -0.1) is 0 Å². The number of methoxy groups -OCH3 is 1. The smallest absolute Gasteiger partial charge is 0.343 e. The lowest BCUT2D eigenvalue weighted by Gasteiger charge is -2.20. The van der Waals surface area contributed by atoms with Gasteiger partial charge in [0.05, 0.1) is 12.0 Å². The van der Waals surface area contributed by atoms with Gasteiger partial charge in [0.15, 0.2) is 11.8 Å². The van der Waals surface area contributed by atoms with E-state index in [-0.39, 0.29) is 24.6 Å². The zero-order valence-corrected chi connectivity index (χ0v) is 16.5. The van der Waals surface area contributed by atoms with E-state index in [1.54, 1.807) is 17.0 Å². The molecule has 7 heteroatoms. The van der Waals surface area contributed by atoms with E-state index in [2.05, 4.69) is 9.73 Å². The average molecular weight is 376 g/mol. The lowest BCUT2D eigenvalue weighted by molar-refractivity contribution is -0.142. The number of carbonyl (C=O) groups excluding carboxylic acids is 2. The molecule has 140 valence electrons. The molecular formula is C19H24N2O4S. The first-order chi connectivity index (χ1) is 12.3. The molecule has 0 N–H and O–H groups in total. The van der Waals surface area contributed by atoms with Gasteiger partial charge in [0.25, 0.3) is 5.91 Å². The second-order valence-electron chi connectivity index (χ2n) is 6.32. The van der Waals surface area contributed by atoms with Crippen LogP contribution in [0.25, 0.3) is 6.08 Å². The monoisotopic (exact) mass is 376 g/mol. The highest BCUT2D eigenvalue weighted by molar-refractivity contribution is 8.18. The molecule has 0 atom stereocenters. The molecule has 2 rings (SSSR count). The highest BCUT2D eigenvalue weighted by Crippen LogP contribution is 2.34. The number of esters is 1. The summed E-state index contributed by atoms with van der Waals surface area (Å²) in [5.41, 5.74) is 0.876. The number of benzene rings is 1. The molecule has 0 bridgehead atoms. The van der Waals surface area contributed by atoms with E-state index in [0.29, 0.717) is 10.7 Å². The third kappa shape index (κ3) is 5.11. The van der Waals surface area contributed by atoms with Gasteiger partial charge in [-0.1, -0.05) is 12.1 Å². The summed E-state index contributed by atoms with van der Waals surface area (Å²) in [4.78, 5) is 30.7. The Bertz CT molecular complexity index is 724. The Hall–Kier alpha value is -2.28. The summed E-state index contributed by atoms with van der Waals surface area (Å²) in [6.07, 6.45) is 1.84. The van der Waals surface area contributed by atoms with E-state index in [0.717, 1.165) is 10.7 Å². The molecule has 0 unspecified atom stereocenters. The van der Waals surface area contributed by atoms with Crippen LogP contribution in [0.3, 0.4) is 0 Å². The number of carbonyl (C=O) groups is 2. The van der Waals surface area contributed by atoms with Crippen LogP contribution in [0, 0.1) is 0 Å². The van der Waals surface area contributed by atoms with Crippen LogP contribution in [-0.2, 0) is 14.3 Å². The number of amides is 1. The van der Waals surface area contributed by atoms with Gasteiger partial charge in [-0.05, 0) is 63.2 Å². The quantitative estimate of drug-likeness (QED) is 0.563. The fraction of sp³-hybridized carbons (Fsp3) is 0.421. The molecule has 1 amide bonds. The van der Waals surface area contributed by atoms with Gasteiger partial charge >= 0.3 is 5.97 Å². The van der Waals surface area contributed by atoms with Crippen LogP contribution in [0.2, 0.25) is 0 Å². The molecule has 0 saturated carbocycles. The SMILES string of the molecule is COC(=O)COc1ccc(/C=C2/SC(=NC(C)C)N(C(C)C)C2=O)cc1. The zero-order chi connectivity index (χ0) is 19.3. The summed E-state index contributed by atoms with van der Waals surface area (Å²) in [5.74, 6) is 0.0964. The summed E-state index contributed by atoms with van der Waals surface area (Å²) in [6.45, 7) is 7.80. The number of aliphatic imine (C=N–C) groups is 1. The van der Waals surface area contributed by atoms with Crippen LogP contribution in [0.15, 0.2) is 34.2 Å². The fourth-order valence-corrected chi connectivity index (χ4v) is 3.50. The van der Waals surface area contributed by atoms with E-state index in [9.17, 15) is 9.59 Å². The second kappa shape index (κ2) is 8.89. The van der Waals surface area contributed by atoms with Crippen molar-refractivity contribution in [2.45, 2.75) is 39.8 Å². The van der Waals surface area contributed by atoms with Crippen molar-refractivity contribution >= 4 is 34.9 Å². The predicted molar refractivity (Wildman–Crippen MR) is 104 cm³/mol. The Morgan fingerprint density at radius 3 is 2.42 bits per heavy atom. The van der Waals surface area contributed by atoms with E-state index in [1.165, 1.54) is 18.9 Å². The molecule has 0 radical (unpaired) electrons. The molecule has 1 fully saturated rings. The first-order valence-electron chi connectivity index (χ1n) is 8.42. The van der Waals surface area contributed by atoms with Crippen molar-refractivity contribution in [2.75, 3.05) is 13.7 Å². The maximum atomic E-state index is 12.7. The summed E-state index contributed by atoms with van der Waals surface area (Å²) < 4.78 is 9.85. The molecule has 0 aromatic heterocycles. The number of rotatable bonds is 6. The highest BCUT2D eigenvalue weighted by Gasteiger charge is 2.35. The molecule has 1 aliphatic heterocycles. The van der Waals surface area contributed by atoms with Crippen LogP contribution < -0.4 is 4.74 Å². The van der Waals surface area contributed by atoms with Crippen molar-refractivity contribution < 1.29 is 19.1 Å². The molecule has 1 heterocycles. The lowest BCUT2D eigenvalue weighted by atomic mass is 10.2. The second-order valence-corrected chi connectivity index (χ2v) is 7.33. The number of thioether (sulfide) groups is 1. The van der Waals surface area contributed by atoms with Crippen LogP contribution in [0.5, 0.6) is 5.75 Å². The largest absolute Gasteiger partial charge is 0.482 e. The average Bonchev–Trinajstić information content (AvgIpc) is 2.88. The third-order valence-corrected chi connectivity index (χ3v) is 4.48. The minimum absolute atomic E-state index is 0.0320. The van der Waals surface area contributed by atoms with E-state index >= 15 is 0 Å². The summed E-state index contributed by atoms with van der Waals surface area (Å²) in [6, 6.07) is 7.35. The summed E-state index contributed by atoms with van der Waals surface area (Å²) in [7, 11) is 1.31. The van der Waals surface area contributed by atoms with Crippen LogP contribution in [0.4, 0.5) is 0 Å². The first kappa shape index (κ1) is 20.0. The van der Waals surface area contributed by atoms with Crippen molar-refractivity contribution in [1.82, 2.24) is 4.90 Å². The molecular weight excluding hydrogens is 352 g/mol. The number of hydrogen-bond acceptors (Lipinski definition) is 6. The maximum absolute atomic E-state index is 12.7. The molecule has 26 heavy (non-hydrogen) atoms. The van der Waals surface area contributed by atoms with Gasteiger partial charge in [0.2, 0.25) is 0 Å². The van der Waals surface area contributed by atoms with Gasteiger partial charge in [-0.25, -0.2) is 4.79 Å². The molecule has 1 aromatic carbocycles. The molecule has 0 aliphatic carbocycles. The predicted octanol–water partition coefficient (Wildman–Crippen LogP) is 3.33. The van der Waals surface area contributed by atoms with Crippen LogP contribution in [-0.4, -0.2) is 47.7 Å². The Labute approximate surface area is 158 Å². The third-order valence-electron chi connectivity index (χ3n) is 3.48. The number of amidine groups is 1. The van der Waals surface area contributed by atoms with Gasteiger partial charge in [-0.3, -0.25) is 14.7 Å². The first-order valence-corrected chi connectivity index (χ1v) is 9.24. The minimum Gasteiger partial charge on any atom is -0.482 e. The van der Waals surface area contributed by atoms with Gasteiger partial charge in [-0.2, -0.15) is 0 Å². The Balaban J connectivity index is 2.16. The molecule has 1 saturated heterocycles. The Morgan fingerprint density at radius 1 is 1.23 bits per heavy atom. The maximum Gasteiger partial charge on any atom is 0.343 e. The number of hydrogen-bond donors (Lipinski definition) is 0. The van der Waals surface area contributed by atoms with E-state index in [1.807, 2.05) is 45.9 Å². The number of nitrogens with zero attached hydrogens (tertiary/aromatic N) is 2. The molecule has 6 nitrogen and oxygen atoms in total. The van der Waals surface area contributed by atoms with Crippen molar-refractivity contribution in [3.63, 3.8) is 0 Å². The molecule has 0 spiro atoms. The highest BCUT2D eigenvalue weighted by atomic mass is 32.2. The molecule has 1 aromatic rings. The van der Waals surface area contributed by atoms with Crippen molar-refractivity contribution in [2.24, 2.45) is 4.99 Å². The van der Waals surface area contributed by atoms with Crippen LogP contribution in [0.1, 0.15) is 33.3 Å². The Morgan fingerprint density at radius 2 is 1.88 bits per heavy atom. The summed E-state index contributed by atoms with van der Waals surface area (Å²) in [5, 5.41) is 0.740. The topological polar surface area (TPSA) is 68.2 Å². The van der Waals surface area contributed by atoms with Gasteiger partial charge in [0.1, 0.15) is 5.75 Å². The van der Waals surface area contributed by atoms with Crippen molar-refractivity contribution in [1.29, 1.82) is 0 Å². The van der Waals surface area contributed by atoms with Gasteiger partial charge in [0, 0.05) is 12.1 Å². The summed E-state index contributed by atoms with van der Waals surface area (Å²) >= 11 is 1.39. The van der Waals surface area contributed by atoms with Crippen molar-refractivity contribution in [3.05, 3.63) is 34.7 Å². The standard InChI is InChI=1S/C19H24N2O4S/c1-12(2)20-19-21(13(3)4)18(23)16(26-19)10-14-6-8-15(9-7-14)25-11-17(22)24-5/h6-10,12-13H,11H2,1-5H3/b16-10+,20-19?.